The van der Waals surface area contributed by atoms with Crippen molar-refractivity contribution in [3.05, 3.63) is 0 Å². The van der Waals surface area contributed by atoms with Crippen LogP contribution >= 0.6 is 0 Å². The smallest absolute Gasteiger partial charge is 0.434 e. The number of nitrogens with two attached hydrogens (primary N) is 1. The fraction of sp³-hybridized carbons (Fsp3) is 0.931. The summed E-state index contributed by atoms with van der Waals surface area (Å²) in [6, 6.07) is -0.941. The Labute approximate surface area is 446 Å². The number of nitrogens with one attached hydrogen (secondary N) is 1. The third-order valence-electron chi connectivity index (χ3n) is 13.4. The summed E-state index contributed by atoms with van der Waals surface area (Å²) in [4.78, 5) is 53.5. The molecule has 0 aromatic carbocycles. The molecule has 432 valence electrons. The second-order valence-corrected chi connectivity index (χ2v) is 20.3. The summed E-state index contributed by atoms with van der Waals surface area (Å²) in [7, 11) is 0. The average molecular weight is 1040 g/mol. The highest BCUT2D eigenvalue weighted by Gasteiger charge is 2.14. The lowest BCUT2D eigenvalue weighted by atomic mass is 10.1. The Hall–Kier alpha value is -2.88. The minimum atomic E-state index is -0.941. The van der Waals surface area contributed by atoms with Crippen LogP contribution in [0.2, 0.25) is 0 Å². The molecule has 0 bridgehead atoms. The van der Waals surface area contributed by atoms with Crippen molar-refractivity contribution in [2.24, 2.45) is 5.73 Å². The Morgan fingerprint density at radius 2 is 0.589 bits per heavy atom. The lowest BCUT2D eigenvalue weighted by Crippen LogP contribution is -2.46. The maximum Gasteiger partial charge on any atom is 0.508 e. The molecule has 0 aromatic heterocycles. The molecule has 0 aliphatic carbocycles. The molecule has 0 unspecified atom stereocenters. The SMILES string of the molecule is CCCCCCCCCCOC(=O)OCCCCCCN(CCCCCCOC(=O)OCCCCCCCCCC)CCN(CCCCCCOC(=O)OCCCCCCCCCC)CCNC(=O)[C@H](N)CO. The van der Waals surface area contributed by atoms with E-state index < -0.39 is 31.1 Å². The minimum Gasteiger partial charge on any atom is -0.434 e. The first-order valence-corrected chi connectivity index (χ1v) is 30.2. The number of aliphatic hydroxyl groups excluding tert-OH is 1. The molecule has 0 radical (unpaired) electrons. The van der Waals surface area contributed by atoms with E-state index in [1.807, 2.05) is 0 Å². The largest absolute Gasteiger partial charge is 0.508 e. The topological polar surface area (TPSA) is 188 Å². The van der Waals surface area contributed by atoms with E-state index in [0.29, 0.717) is 52.7 Å². The van der Waals surface area contributed by atoms with E-state index in [4.69, 9.17) is 34.2 Å². The van der Waals surface area contributed by atoms with E-state index >= 15 is 0 Å². The second-order valence-electron chi connectivity index (χ2n) is 20.3. The highest BCUT2D eigenvalue weighted by Crippen LogP contribution is 2.13. The van der Waals surface area contributed by atoms with E-state index in [1.54, 1.807) is 0 Å². The van der Waals surface area contributed by atoms with Crippen molar-refractivity contribution in [3.8, 4) is 0 Å². The maximum absolute atomic E-state index is 12.3. The molecule has 15 nitrogen and oxygen atoms in total. The molecule has 0 saturated heterocycles. The van der Waals surface area contributed by atoms with Crippen molar-refractivity contribution >= 4 is 24.4 Å². The molecule has 0 rings (SSSR count). The van der Waals surface area contributed by atoms with E-state index in [-0.39, 0.29) is 5.91 Å². The number of carbonyl (C=O) groups is 4. The van der Waals surface area contributed by atoms with Crippen LogP contribution in [0.15, 0.2) is 0 Å². The molecule has 4 N–H and O–H groups in total. The number of hydrogen-bond donors (Lipinski definition) is 3. The molecule has 73 heavy (non-hydrogen) atoms. The first-order chi connectivity index (χ1) is 35.8. The first-order valence-electron chi connectivity index (χ1n) is 30.2. The number of ether oxygens (including phenoxy) is 6. The summed E-state index contributed by atoms with van der Waals surface area (Å²) in [5, 5.41) is 12.2. The Bertz CT molecular complexity index is 1170. The Morgan fingerprint density at radius 3 is 0.849 bits per heavy atom. The van der Waals surface area contributed by atoms with Gasteiger partial charge in [-0.3, -0.25) is 4.79 Å². The number of unbranched alkanes of at least 4 members (excludes halogenated alkanes) is 30. The third-order valence-corrected chi connectivity index (χ3v) is 13.4. The molecule has 1 amide bonds. The lowest BCUT2D eigenvalue weighted by Gasteiger charge is -2.28. The zero-order chi connectivity index (χ0) is 53.3. The highest BCUT2D eigenvalue weighted by molar-refractivity contribution is 5.81. The molecule has 15 heteroatoms. The van der Waals surface area contributed by atoms with Gasteiger partial charge in [0.05, 0.1) is 46.2 Å². The number of hydrogen-bond acceptors (Lipinski definition) is 14. The van der Waals surface area contributed by atoms with Gasteiger partial charge in [0.2, 0.25) is 5.91 Å². The predicted octanol–water partition coefficient (Wildman–Crippen LogP) is 13.6. The van der Waals surface area contributed by atoms with E-state index in [2.05, 4.69) is 35.9 Å². The summed E-state index contributed by atoms with van der Waals surface area (Å²) in [6.07, 6.45) is 38.3. The number of carbonyl (C=O) groups excluding carboxylic acids is 4. The van der Waals surface area contributed by atoms with E-state index in [9.17, 15) is 24.3 Å². The Kier molecular flexibility index (Phi) is 54.6. The highest BCUT2D eigenvalue weighted by atomic mass is 16.7. The average Bonchev–Trinajstić information content (AvgIpc) is 3.39. The Morgan fingerprint density at radius 1 is 0.356 bits per heavy atom. The van der Waals surface area contributed by atoms with Crippen LogP contribution in [0.3, 0.4) is 0 Å². The van der Waals surface area contributed by atoms with Crippen molar-refractivity contribution in [1.29, 1.82) is 0 Å². The van der Waals surface area contributed by atoms with Gasteiger partial charge in [-0.25, -0.2) is 14.4 Å². The van der Waals surface area contributed by atoms with Crippen LogP contribution in [0.5, 0.6) is 0 Å². The van der Waals surface area contributed by atoms with Gasteiger partial charge in [0, 0.05) is 26.2 Å². The van der Waals surface area contributed by atoms with Crippen LogP contribution < -0.4 is 11.1 Å². The van der Waals surface area contributed by atoms with Crippen molar-refractivity contribution in [2.75, 3.05) is 92.1 Å². The number of rotatable bonds is 56. The standard InChI is InChI=1S/C58H114N4O11/c1-4-7-10-13-16-19-25-34-47-68-56(65)71-50-37-28-22-31-41-61(42-32-23-29-38-51-72-57(66)69-48-35-26-20-17-14-11-8-5-2)45-46-62(44-40-60-55(64)54(59)53-63)43-33-24-30-39-52-73-58(67)70-49-36-27-21-18-15-12-9-6-3/h54,63H,4-53,59H2,1-3H3,(H,60,64)/t54-/m1/s1. The van der Waals surface area contributed by atoms with Gasteiger partial charge < -0.3 is 54.4 Å². The van der Waals surface area contributed by atoms with Crippen LogP contribution in [0.25, 0.3) is 0 Å². The molecule has 0 spiro atoms. The molecule has 0 aliphatic rings. The van der Waals surface area contributed by atoms with Crippen LogP contribution in [0.1, 0.15) is 252 Å². The molecular formula is C58H114N4O11. The van der Waals surface area contributed by atoms with Crippen molar-refractivity contribution in [1.82, 2.24) is 15.1 Å². The quantitative estimate of drug-likeness (QED) is 0.0296. The fourth-order valence-corrected chi connectivity index (χ4v) is 8.64. The van der Waals surface area contributed by atoms with Crippen molar-refractivity contribution < 1.29 is 52.7 Å². The monoisotopic (exact) mass is 1040 g/mol. The van der Waals surface area contributed by atoms with Crippen LogP contribution in [-0.4, -0.2) is 137 Å². The summed E-state index contributed by atoms with van der Waals surface area (Å²) in [6.45, 7) is 14.2. The molecular weight excluding hydrogens is 929 g/mol. The summed E-state index contributed by atoms with van der Waals surface area (Å²) < 4.78 is 31.8. The van der Waals surface area contributed by atoms with Crippen LogP contribution in [0.4, 0.5) is 14.4 Å². The maximum atomic E-state index is 12.3. The van der Waals surface area contributed by atoms with Gasteiger partial charge in [0.25, 0.3) is 0 Å². The van der Waals surface area contributed by atoms with E-state index in [1.165, 1.54) is 116 Å². The number of aliphatic hydroxyl groups is 1. The molecule has 0 fully saturated rings. The lowest BCUT2D eigenvalue weighted by molar-refractivity contribution is -0.123. The normalized spacial score (nSPS) is 11.8. The molecule has 1 atom stereocenters. The number of nitrogens with zero attached hydrogens (tertiary/aromatic N) is 2. The minimum absolute atomic E-state index is 0.351. The van der Waals surface area contributed by atoms with Gasteiger partial charge in [-0.1, -0.05) is 194 Å². The summed E-state index contributed by atoms with van der Waals surface area (Å²) in [5.41, 5.74) is 5.76. The predicted molar refractivity (Wildman–Crippen MR) is 296 cm³/mol. The zero-order valence-corrected chi connectivity index (χ0v) is 47.4. The molecule has 0 aliphatic heterocycles. The Balaban J connectivity index is 4.89. The van der Waals surface area contributed by atoms with Gasteiger partial charge in [-0.2, -0.15) is 0 Å². The number of amides is 1. The van der Waals surface area contributed by atoms with Gasteiger partial charge in [0.1, 0.15) is 6.04 Å². The zero-order valence-electron chi connectivity index (χ0n) is 47.4. The summed E-state index contributed by atoms with van der Waals surface area (Å²) in [5.74, 6) is -0.359. The van der Waals surface area contributed by atoms with Gasteiger partial charge >= 0.3 is 18.5 Å². The third kappa shape index (κ3) is 52.4. The van der Waals surface area contributed by atoms with Gasteiger partial charge in [0.15, 0.2) is 0 Å². The van der Waals surface area contributed by atoms with Gasteiger partial charge in [-0.05, 0) is 77.4 Å². The molecule has 0 saturated carbocycles. The van der Waals surface area contributed by atoms with Crippen LogP contribution in [-0.2, 0) is 33.2 Å². The van der Waals surface area contributed by atoms with E-state index in [0.717, 1.165) is 148 Å². The van der Waals surface area contributed by atoms with Crippen molar-refractivity contribution in [3.63, 3.8) is 0 Å². The van der Waals surface area contributed by atoms with Crippen LogP contribution in [0, 0.1) is 0 Å². The van der Waals surface area contributed by atoms with Crippen molar-refractivity contribution in [2.45, 2.75) is 258 Å². The molecule has 0 aromatic rings. The first kappa shape index (κ1) is 70.1. The second kappa shape index (κ2) is 56.8. The fourth-order valence-electron chi connectivity index (χ4n) is 8.64. The van der Waals surface area contributed by atoms with Gasteiger partial charge in [-0.15, -0.1) is 0 Å². The summed E-state index contributed by atoms with van der Waals surface area (Å²) >= 11 is 0. The molecule has 0 heterocycles.